The first-order chi connectivity index (χ1) is 26.0. The predicted octanol–water partition coefficient (Wildman–Crippen LogP) is 13.5. The highest BCUT2D eigenvalue weighted by atomic mass is 15.0. The van der Waals surface area contributed by atoms with E-state index in [0.717, 1.165) is 0 Å². The maximum absolute atomic E-state index is 2.46. The lowest BCUT2D eigenvalue weighted by atomic mass is 9.81. The SMILES string of the molecule is CC1(C)c2cc(-c3ccc4c(c3)c3cc(-c5ccccc5)ccc3n4-c3ccccc3)ccc2-c2cc3c4ccccc4n(-c4ccccc4)c3cc21. The van der Waals surface area contributed by atoms with Crippen LogP contribution in [-0.4, -0.2) is 9.13 Å². The Balaban J connectivity index is 1.09. The molecule has 0 unspecified atom stereocenters. The summed E-state index contributed by atoms with van der Waals surface area (Å²) in [6, 6.07) is 67.0. The second-order valence-electron chi connectivity index (χ2n) is 15.0. The van der Waals surface area contributed by atoms with E-state index in [1.54, 1.807) is 0 Å². The van der Waals surface area contributed by atoms with E-state index in [1.165, 1.54) is 99.5 Å². The zero-order valence-corrected chi connectivity index (χ0v) is 29.7. The molecule has 8 aromatic carbocycles. The Morgan fingerprint density at radius 3 is 1.45 bits per heavy atom. The Morgan fingerprint density at radius 2 is 0.792 bits per heavy atom. The fourth-order valence-corrected chi connectivity index (χ4v) is 9.10. The molecule has 0 saturated heterocycles. The monoisotopic (exact) mass is 676 g/mol. The van der Waals surface area contributed by atoms with Crippen LogP contribution in [-0.2, 0) is 5.41 Å². The van der Waals surface area contributed by atoms with Gasteiger partial charge in [0.25, 0.3) is 0 Å². The van der Waals surface area contributed by atoms with Crippen LogP contribution in [0.3, 0.4) is 0 Å². The highest BCUT2D eigenvalue weighted by Crippen LogP contribution is 2.52. The molecule has 0 saturated carbocycles. The number of benzene rings is 8. The Morgan fingerprint density at radius 1 is 0.321 bits per heavy atom. The summed E-state index contributed by atoms with van der Waals surface area (Å²) >= 11 is 0. The number of rotatable bonds is 4. The van der Waals surface area contributed by atoms with Gasteiger partial charge >= 0.3 is 0 Å². The summed E-state index contributed by atoms with van der Waals surface area (Å²) in [6.45, 7) is 4.79. The van der Waals surface area contributed by atoms with Crippen LogP contribution < -0.4 is 0 Å². The molecule has 2 nitrogen and oxygen atoms in total. The van der Waals surface area contributed by atoms with Crippen LogP contribution in [0, 0.1) is 0 Å². The number of aromatic nitrogens is 2. The van der Waals surface area contributed by atoms with Crippen LogP contribution in [0.25, 0.3) is 88.4 Å². The second-order valence-corrected chi connectivity index (χ2v) is 15.0. The molecule has 0 aliphatic heterocycles. The molecule has 0 bridgehead atoms. The molecular formula is C51H36N2. The molecule has 0 amide bonds. The summed E-state index contributed by atoms with van der Waals surface area (Å²) in [7, 11) is 0. The van der Waals surface area contributed by atoms with Crippen molar-refractivity contribution < 1.29 is 0 Å². The molecule has 2 aromatic heterocycles. The van der Waals surface area contributed by atoms with Crippen molar-refractivity contribution in [2.75, 3.05) is 0 Å². The summed E-state index contributed by atoms with van der Waals surface area (Å²) < 4.78 is 4.83. The van der Waals surface area contributed by atoms with Gasteiger partial charge in [0.1, 0.15) is 0 Å². The van der Waals surface area contributed by atoms with Gasteiger partial charge in [-0.05, 0) is 117 Å². The molecule has 0 N–H and O–H groups in total. The number of para-hydroxylation sites is 3. The molecule has 2 heterocycles. The van der Waals surface area contributed by atoms with Gasteiger partial charge in [0, 0.05) is 38.3 Å². The molecule has 1 aliphatic rings. The Kier molecular flexibility index (Phi) is 6.33. The Bertz CT molecular complexity index is 3050. The third-order valence-electron chi connectivity index (χ3n) is 11.7. The fraction of sp³-hybridized carbons (Fsp3) is 0.0588. The van der Waals surface area contributed by atoms with E-state index in [-0.39, 0.29) is 5.41 Å². The Labute approximate surface area is 308 Å². The first-order valence-electron chi connectivity index (χ1n) is 18.5. The third kappa shape index (κ3) is 4.39. The van der Waals surface area contributed by atoms with Crippen LogP contribution in [0.4, 0.5) is 0 Å². The van der Waals surface area contributed by atoms with Crippen LogP contribution >= 0.6 is 0 Å². The van der Waals surface area contributed by atoms with E-state index in [9.17, 15) is 0 Å². The molecule has 11 rings (SSSR count). The fourth-order valence-electron chi connectivity index (χ4n) is 9.10. The van der Waals surface area contributed by atoms with Gasteiger partial charge in [0.2, 0.25) is 0 Å². The number of nitrogens with zero attached hydrogens (tertiary/aromatic N) is 2. The van der Waals surface area contributed by atoms with Gasteiger partial charge in [-0.1, -0.05) is 123 Å². The van der Waals surface area contributed by atoms with Crippen molar-refractivity contribution in [2.24, 2.45) is 0 Å². The maximum atomic E-state index is 2.46. The molecule has 0 fully saturated rings. The van der Waals surface area contributed by atoms with Gasteiger partial charge < -0.3 is 9.13 Å². The van der Waals surface area contributed by atoms with Crippen molar-refractivity contribution in [3.05, 3.63) is 193 Å². The minimum atomic E-state index is -0.162. The standard InChI is InChI=1S/C51H36N2/c1-51(2)45-30-36(22-25-39(45)41-31-44-40-20-12-13-21-47(40)53(50(44)32-46(41)51)38-18-10-5-11-19-38)35-24-27-49-43(29-35)42-28-34(33-14-6-3-7-15-33)23-26-48(42)52(49)37-16-8-4-9-17-37/h3-32H,1-2H3. The average Bonchev–Trinajstić information content (AvgIpc) is 3.80. The minimum absolute atomic E-state index is 0.162. The lowest BCUT2D eigenvalue weighted by Gasteiger charge is -2.22. The number of hydrogen-bond acceptors (Lipinski definition) is 0. The van der Waals surface area contributed by atoms with Crippen LogP contribution in [0.15, 0.2) is 182 Å². The molecule has 0 spiro atoms. The van der Waals surface area contributed by atoms with Crippen molar-refractivity contribution in [1.29, 1.82) is 0 Å². The lowest BCUT2D eigenvalue weighted by molar-refractivity contribution is 0.661. The summed E-state index contributed by atoms with van der Waals surface area (Å²) in [6.07, 6.45) is 0. The topological polar surface area (TPSA) is 9.86 Å². The number of hydrogen-bond donors (Lipinski definition) is 0. The highest BCUT2D eigenvalue weighted by molar-refractivity contribution is 6.13. The first kappa shape index (κ1) is 30.0. The van der Waals surface area contributed by atoms with Crippen molar-refractivity contribution in [1.82, 2.24) is 9.13 Å². The quantitative estimate of drug-likeness (QED) is 0.176. The molecule has 250 valence electrons. The second kappa shape index (κ2) is 11.2. The van der Waals surface area contributed by atoms with Crippen molar-refractivity contribution in [3.63, 3.8) is 0 Å². The van der Waals surface area contributed by atoms with Gasteiger partial charge in [0.05, 0.1) is 22.1 Å². The van der Waals surface area contributed by atoms with E-state index >= 15 is 0 Å². The first-order valence-corrected chi connectivity index (χ1v) is 18.5. The van der Waals surface area contributed by atoms with Gasteiger partial charge in [-0.15, -0.1) is 0 Å². The van der Waals surface area contributed by atoms with E-state index in [0.29, 0.717) is 0 Å². The largest absolute Gasteiger partial charge is 0.309 e. The maximum Gasteiger partial charge on any atom is 0.0544 e. The summed E-state index contributed by atoms with van der Waals surface area (Å²) in [5, 5.41) is 5.11. The van der Waals surface area contributed by atoms with Crippen molar-refractivity contribution >= 4 is 43.6 Å². The molecular weight excluding hydrogens is 641 g/mol. The normalized spacial score (nSPS) is 13.2. The van der Waals surface area contributed by atoms with Crippen molar-refractivity contribution in [2.45, 2.75) is 19.3 Å². The molecule has 1 aliphatic carbocycles. The summed E-state index contributed by atoms with van der Waals surface area (Å²) in [5.74, 6) is 0. The van der Waals surface area contributed by atoms with Gasteiger partial charge in [-0.3, -0.25) is 0 Å². The van der Waals surface area contributed by atoms with Gasteiger partial charge in [0.15, 0.2) is 0 Å². The van der Waals surface area contributed by atoms with E-state index in [1.807, 2.05) is 0 Å². The van der Waals surface area contributed by atoms with Crippen LogP contribution in [0.1, 0.15) is 25.0 Å². The van der Waals surface area contributed by atoms with Gasteiger partial charge in [-0.2, -0.15) is 0 Å². The summed E-state index contributed by atoms with van der Waals surface area (Å²) in [5.41, 5.74) is 17.5. The van der Waals surface area contributed by atoms with Crippen LogP contribution in [0.2, 0.25) is 0 Å². The molecule has 53 heavy (non-hydrogen) atoms. The summed E-state index contributed by atoms with van der Waals surface area (Å²) in [4.78, 5) is 0. The highest BCUT2D eigenvalue weighted by Gasteiger charge is 2.36. The predicted molar refractivity (Wildman–Crippen MR) is 224 cm³/mol. The molecule has 0 radical (unpaired) electrons. The van der Waals surface area contributed by atoms with E-state index in [4.69, 9.17) is 0 Å². The molecule has 2 heteroatoms. The zero-order valence-electron chi connectivity index (χ0n) is 29.7. The molecule has 10 aromatic rings. The van der Waals surface area contributed by atoms with Crippen LogP contribution in [0.5, 0.6) is 0 Å². The minimum Gasteiger partial charge on any atom is -0.309 e. The smallest absolute Gasteiger partial charge is 0.0544 e. The van der Waals surface area contributed by atoms with E-state index < -0.39 is 0 Å². The zero-order chi connectivity index (χ0) is 35.3. The lowest BCUT2D eigenvalue weighted by Crippen LogP contribution is -2.15. The van der Waals surface area contributed by atoms with E-state index in [2.05, 4.69) is 205 Å². The van der Waals surface area contributed by atoms with Gasteiger partial charge in [-0.25, -0.2) is 0 Å². The Hall–Kier alpha value is -6.64. The van der Waals surface area contributed by atoms with Crippen molar-refractivity contribution in [3.8, 4) is 44.8 Å². The average molecular weight is 677 g/mol. The third-order valence-corrected chi connectivity index (χ3v) is 11.7. The number of fused-ring (bicyclic) bond motifs is 9. The molecule has 0 atom stereocenters.